The van der Waals surface area contributed by atoms with Crippen molar-refractivity contribution in [2.75, 3.05) is 12.4 Å². The molecule has 86 valence electrons. The zero-order valence-corrected chi connectivity index (χ0v) is 10.2. The number of hydrogen-bond donors (Lipinski definition) is 2. The van der Waals surface area contributed by atoms with Crippen molar-refractivity contribution in [3.63, 3.8) is 0 Å². The van der Waals surface area contributed by atoms with E-state index in [0.717, 1.165) is 35.7 Å². The highest BCUT2D eigenvalue weighted by molar-refractivity contribution is 8.16. The highest BCUT2D eigenvalue weighted by Crippen LogP contribution is 2.24. The van der Waals surface area contributed by atoms with Gasteiger partial charge < -0.3 is 10.4 Å². The first-order valence-corrected chi connectivity index (χ1v) is 5.92. The number of rotatable bonds is 4. The van der Waals surface area contributed by atoms with Crippen LogP contribution in [0.25, 0.3) is 0 Å². The van der Waals surface area contributed by atoms with Crippen LogP contribution in [0.3, 0.4) is 0 Å². The number of benzene rings is 1. The van der Waals surface area contributed by atoms with Gasteiger partial charge in [0, 0.05) is 23.7 Å². The summed E-state index contributed by atoms with van der Waals surface area (Å²) in [6, 6.07) is 5.60. The molecule has 2 N–H and O–H groups in total. The summed E-state index contributed by atoms with van der Waals surface area (Å²) < 4.78 is 0. The number of carbonyl (C=O) groups is 1. The van der Waals surface area contributed by atoms with Crippen LogP contribution in [-0.4, -0.2) is 17.3 Å². The summed E-state index contributed by atoms with van der Waals surface area (Å²) in [5.74, 6) is 0. The standard InChI is InChI=1S/C12H15NO2S/c1-3-9-10(12(15)16-8-7-14)5-4-6-11(9)13-2/h4-8,13-14H,3H2,1-2H3/b8-7+. The second-order valence-corrected chi connectivity index (χ2v) is 4.00. The number of thioether (sulfide) groups is 1. The maximum Gasteiger partial charge on any atom is 0.223 e. The molecule has 0 fully saturated rings. The molecule has 1 rings (SSSR count). The van der Waals surface area contributed by atoms with Gasteiger partial charge in [0.15, 0.2) is 0 Å². The van der Waals surface area contributed by atoms with E-state index >= 15 is 0 Å². The van der Waals surface area contributed by atoms with Crippen LogP contribution in [-0.2, 0) is 6.42 Å². The number of nitrogens with one attached hydrogen (secondary N) is 1. The van der Waals surface area contributed by atoms with Crippen molar-refractivity contribution in [2.24, 2.45) is 0 Å². The lowest BCUT2D eigenvalue weighted by Crippen LogP contribution is -2.02. The van der Waals surface area contributed by atoms with E-state index in [-0.39, 0.29) is 5.12 Å². The Morgan fingerprint density at radius 1 is 1.56 bits per heavy atom. The molecule has 16 heavy (non-hydrogen) atoms. The fraction of sp³-hybridized carbons (Fsp3) is 0.250. The molecule has 0 unspecified atom stereocenters. The van der Waals surface area contributed by atoms with Crippen LogP contribution >= 0.6 is 11.8 Å². The van der Waals surface area contributed by atoms with Crippen molar-refractivity contribution in [1.82, 2.24) is 0 Å². The van der Waals surface area contributed by atoms with Gasteiger partial charge in [-0.3, -0.25) is 4.79 Å². The molecule has 0 heterocycles. The van der Waals surface area contributed by atoms with Crippen molar-refractivity contribution in [2.45, 2.75) is 13.3 Å². The first kappa shape index (κ1) is 12.6. The average molecular weight is 237 g/mol. The van der Waals surface area contributed by atoms with Crippen LogP contribution in [0.1, 0.15) is 22.8 Å². The van der Waals surface area contributed by atoms with E-state index in [9.17, 15) is 4.79 Å². The van der Waals surface area contributed by atoms with Crippen molar-refractivity contribution in [3.05, 3.63) is 41.0 Å². The SMILES string of the molecule is CCc1c(NC)cccc1C(=O)S/C=C/O. The monoisotopic (exact) mass is 237 g/mol. The first-order chi connectivity index (χ1) is 7.74. The third kappa shape index (κ3) is 2.79. The summed E-state index contributed by atoms with van der Waals surface area (Å²) in [4.78, 5) is 11.8. The lowest BCUT2D eigenvalue weighted by molar-refractivity contribution is 0.108. The van der Waals surface area contributed by atoms with Crippen LogP contribution in [0.5, 0.6) is 0 Å². The maximum absolute atomic E-state index is 11.8. The molecule has 0 aliphatic heterocycles. The highest BCUT2D eigenvalue weighted by Gasteiger charge is 2.12. The van der Waals surface area contributed by atoms with Crippen molar-refractivity contribution < 1.29 is 9.90 Å². The van der Waals surface area contributed by atoms with Crippen LogP contribution in [0.4, 0.5) is 5.69 Å². The molecule has 0 spiro atoms. The number of aliphatic hydroxyl groups excluding tert-OH is 1. The molecule has 0 radical (unpaired) electrons. The largest absolute Gasteiger partial charge is 0.515 e. The summed E-state index contributed by atoms with van der Waals surface area (Å²) in [6.07, 6.45) is 1.66. The predicted molar refractivity (Wildman–Crippen MR) is 69.1 cm³/mol. The zero-order chi connectivity index (χ0) is 12.0. The van der Waals surface area contributed by atoms with Gasteiger partial charge in [-0.2, -0.15) is 0 Å². The molecule has 0 saturated heterocycles. The van der Waals surface area contributed by atoms with Gasteiger partial charge in [-0.15, -0.1) is 0 Å². The normalized spacial score (nSPS) is 10.6. The molecule has 0 atom stereocenters. The topological polar surface area (TPSA) is 49.3 Å². The lowest BCUT2D eigenvalue weighted by Gasteiger charge is -2.11. The molecule has 0 aliphatic carbocycles. The van der Waals surface area contributed by atoms with Gasteiger partial charge >= 0.3 is 0 Å². The van der Waals surface area contributed by atoms with E-state index < -0.39 is 0 Å². The molecular weight excluding hydrogens is 222 g/mol. The van der Waals surface area contributed by atoms with Crippen molar-refractivity contribution in [3.8, 4) is 0 Å². The van der Waals surface area contributed by atoms with E-state index in [1.54, 1.807) is 6.07 Å². The Balaban J connectivity index is 3.07. The predicted octanol–water partition coefficient (Wildman–Crippen LogP) is 3.19. The molecule has 0 saturated carbocycles. The molecule has 4 heteroatoms. The molecule has 1 aromatic carbocycles. The molecule has 0 amide bonds. The molecular formula is C12H15NO2S. The van der Waals surface area contributed by atoms with E-state index in [4.69, 9.17) is 5.11 Å². The smallest absolute Gasteiger partial charge is 0.223 e. The third-order valence-electron chi connectivity index (χ3n) is 2.25. The van der Waals surface area contributed by atoms with Gasteiger partial charge in [0.2, 0.25) is 5.12 Å². The van der Waals surface area contributed by atoms with E-state index in [2.05, 4.69) is 5.32 Å². The molecule has 0 aromatic heterocycles. The Morgan fingerprint density at radius 2 is 2.31 bits per heavy atom. The average Bonchev–Trinajstić information content (AvgIpc) is 2.34. The Morgan fingerprint density at radius 3 is 2.88 bits per heavy atom. The van der Waals surface area contributed by atoms with Crippen LogP contribution < -0.4 is 5.32 Å². The molecule has 1 aromatic rings. The Labute approximate surface area is 99.6 Å². The Kier molecular flexibility index (Phi) is 4.92. The zero-order valence-electron chi connectivity index (χ0n) is 9.36. The fourth-order valence-electron chi connectivity index (χ4n) is 1.55. The minimum atomic E-state index is -0.0562. The van der Waals surface area contributed by atoms with Crippen LogP contribution in [0.2, 0.25) is 0 Å². The van der Waals surface area contributed by atoms with Gasteiger partial charge in [0.25, 0.3) is 0 Å². The molecule has 0 aliphatic rings. The fourth-order valence-corrected chi connectivity index (χ4v) is 2.05. The summed E-state index contributed by atoms with van der Waals surface area (Å²) in [6.45, 7) is 2.01. The Hall–Kier alpha value is -1.42. The number of anilines is 1. The van der Waals surface area contributed by atoms with E-state index in [0.29, 0.717) is 5.56 Å². The maximum atomic E-state index is 11.8. The van der Waals surface area contributed by atoms with Gasteiger partial charge in [-0.05, 0) is 18.1 Å². The quantitative estimate of drug-likeness (QED) is 0.790. The second kappa shape index (κ2) is 6.23. The summed E-state index contributed by atoms with van der Waals surface area (Å²) in [5.41, 5.74) is 2.67. The summed E-state index contributed by atoms with van der Waals surface area (Å²) in [7, 11) is 1.84. The Bertz CT molecular complexity index is 402. The number of hydrogen-bond acceptors (Lipinski definition) is 4. The molecule has 3 nitrogen and oxygen atoms in total. The lowest BCUT2D eigenvalue weighted by atomic mass is 10.0. The third-order valence-corrected chi connectivity index (χ3v) is 2.95. The number of aliphatic hydroxyl groups is 1. The number of carbonyl (C=O) groups excluding carboxylic acids is 1. The van der Waals surface area contributed by atoms with Gasteiger partial charge in [-0.25, -0.2) is 0 Å². The van der Waals surface area contributed by atoms with E-state index in [1.807, 2.05) is 26.1 Å². The first-order valence-electron chi connectivity index (χ1n) is 5.04. The van der Waals surface area contributed by atoms with Gasteiger partial charge in [-0.1, -0.05) is 30.8 Å². The van der Waals surface area contributed by atoms with E-state index in [1.165, 1.54) is 5.41 Å². The highest BCUT2D eigenvalue weighted by atomic mass is 32.2. The van der Waals surface area contributed by atoms with Crippen molar-refractivity contribution in [1.29, 1.82) is 0 Å². The van der Waals surface area contributed by atoms with Gasteiger partial charge in [0.05, 0.1) is 6.26 Å². The molecule has 0 bridgehead atoms. The van der Waals surface area contributed by atoms with Crippen LogP contribution in [0, 0.1) is 0 Å². The minimum absolute atomic E-state index is 0.0562. The summed E-state index contributed by atoms with van der Waals surface area (Å²) in [5, 5.41) is 12.9. The summed E-state index contributed by atoms with van der Waals surface area (Å²) >= 11 is 0.981. The van der Waals surface area contributed by atoms with Gasteiger partial charge in [0.1, 0.15) is 0 Å². The minimum Gasteiger partial charge on any atom is -0.515 e. The second-order valence-electron chi connectivity index (χ2n) is 3.13. The van der Waals surface area contributed by atoms with Crippen LogP contribution in [0.15, 0.2) is 29.9 Å². The van der Waals surface area contributed by atoms with Crippen molar-refractivity contribution >= 4 is 22.6 Å².